The normalized spacial score (nSPS) is 14.8. The lowest BCUT2D eigenvalue weighted by molar-refractivity contribution is 0.0933. The zero-order valence-electron chi connectivity index (χ0n) is 20.4. The number of hydrogen-bond donors (Lipinski definition) is 4. The molecule has 192 valence electrons. The molecule has 0 radical (unpaired) electrons. The summed E-state index contributed by atoms with van der Waals surface area (Å²) in [7, 11) is 1.52. The molecule has 2 unspecified atom stereocenters. The standard InChI is InChI=1S/C27H29ClN6O3/c1-37-27-30-16-19-11-13-22(31-24(19)34-27)26(36)33-23-15-18(10-12-20(23)28)25(35)32-21(9-5-6-14-29)17-7-3-2-4-8-17/h2-4,7-8,10-13,15-16,21,27H,5-6,9,14,29H2,1H3,(H,31,34)(H,32,35)(H,33,36). The zero-order valence-corrected chi connectivity index (χ0v) is 21.2. The molecule has 10 heteroatoms. The molecule has 2 atom stereocenters. The van der Waals surface area contributed by atoms with E-state index < -0.39 is 12.3 Å². The summed E-state index contributed by atoms with van der Waals surface area (Å²) in [6.45, 7) is 0.603. The molecule has 0 spiro atoms. The average molecular weight is 521 g/mol. The van der Waals surface area contributed by atoms with Crippen LogP contribution in [-0.4, -0.2) is 43.0 Å². The summed E-state index contributed by atoms with van der Waals surface area (Å²) in [5, 5.41) is 9.16. The van der Waals surface area contributed by atoms with Gasteiger partial charge in [-0.2, -0.15) is 0 Å². The smallest absolute Gasteiger partial charge is 0.274 e. The Morgan fingerprint density at radius 1 is 1.11 bits per heavy atom. The fourth-order valence-corrected chi connectivity index (χ4v) is 4.09. The van der Waals surface area contributed by atoms with E-state index >= 15 is 0 Å². The number of hydrogen-bond acceptors (Lipinski definition) is 7. The maximum atomic E-state index is 13.2. The molecule has 37 heavy (non-hydrogen) atoms. The number of benzene rings is 2. The number of halogens is 1. The summed E-state index contributed by atoms with van der Waals surface area (Å²) in [6.07, 6.45) is 3.58. The number of ether oxygens (including phenoxy) is 1. The number of nitrogens with two attached hydrogens (primary N) is 1. The van der Waals surface area contributed by atoms with Crippen LogP contribution in [0.25, 0.3) is 0 Å². The van der Waals surface area contributed by atoms with Crippen molar-refractivity contribution in [3.8, 4) is 0 Å². The van der Waals surface area contributed by atoms with E-state index in [1.54, 1.807) is 36.5 Å². The third-order valence-corrected chi connectivity index (χ3v) is 6.25. The molecule has 1 aromatic heterocycles. The second-order valence-corrected chi connectivity index (χ2v) is 8.92. The predicted octanol–water partition coefficient (Wildman–Crippen LogP) is 4.36. The van der Waals surface area contributed by atoms with Crippen LogP contribution in [0.3, 0.4) is 0 Å². The van der Waals surface area contributed by atoms with E-state index in [0.29, 0.717) is 28.6 Å². The van der Waals surface area contributed by atoms with Crippen molar-refractivity contribution in [2.75, 3.05) is 24.3 Å². The lowest BCUT2D eigenvalue weighted by Gasteiger charge is -2.20. The number of pyridine rings is 1. The lowest BCUT2D eigenvalue weighted by atomic mass is 10.0. The Hall–Kier alpha value is -3.79. The van der Waals surface area contributed by atoms with Crippen molar-refractivity contribution in [3.05, 3.63) is 88.1 Å². The van der Waals surface area contributed by atoms with Crippen LogP contribution < -0.4 is 21.7 Å². The van der Waals surface area contributed by atoms with Gasteiger partial charge in [0, 0.05) is 24.5 Å². The highest BCUT2D eigenvalue weighted by atomic mass is 35.5. The fraction of sp³-hybridized carbons (Fsp3) is 0.259. The highest BCUT2D eigenvalue weighted by Gasteiger charge is 2.20. The molecule has 0 aliphatic carbocycles. The first-order valence-corrected chi connectivity index (χ1v) is 12.4. The molecule has 5 N–H and O–H groups in total. The molecule has 2 aromatic carbocycles. The molecule has 9 nitrogen and oxygen atoms in total. The van der Waals surface area contributed by atoms with Gasteiger partial charge in [0.2, 0.25) is 6.35 Å². The Morgan fingerprint density at radius 3 is 2.68 bits per heavy atom. The third kappa shape index (κ3) is 6.71. The fourth-order valence-electron chi connectivity index (χ4n) is 3.93. The quantitative estimate of drug-likeness (QED) is 0.294. The van der Waals surface area contributed by atoms with Crippen molar-refractivity contribution in [2.24, 2.45) is 10.7 Å². The summed E-state index contributed by atoms with van der Waals surface area (Å²) < 4.78 is 5.17. The SMILES string of the molecule is COC1N=Cc2ccc(C(=O)Nc3cc(C(=O)NC(CCCCN)c4ccccc4)ccc3Cl)nc2N1. The van der Waals surface area contributed by atoms with Crippen molar-refractivity contribution in [2.45, 2.75) is 31.7 Å². The monoisotopic (exact) mass is 520 g/mol. The van der Waals surface area contributed by atoms with Gasteiger partial charge in [-0.3, -0.25) is 9.59 Å². The van der Waals surface area contributed by atoms with E-state index in [9.17, 15) is 9.59 Å². The van der Waals surface area contributed by atoms with Crippen LogP contribution in [0.1, 0.15) is 57.3 Å². The first-order chi connectivity index (χ1) is 18.0. The molecular weight excluding hydrogens is 492 g/mol. The molecule has 2 amide bonds. The summed E-state index contributed by atoms with van der Waals surface area (Å²) in [4.78, 5) is 34.7. The maximum absolute atomic E-state index is 13.2. The van der Waals surface area contributed by atoms with Gasteiger partial charge < -0.3 is 26.4 Å². The topological polar surface area (TPSA) is 131 Å². The van der Waals surface area contributed by atoms with Crippen LogP contribution >= 0.6 is 11.6 Å². The summed E-state index contributed by atoms with van der Waals surface area (Å²) >= 11 is 6.35. The van der Waals surface area contributed by atoms with Crippen LogP contribution in [0.2, 0.25) is 5.02 Å². The van der Waals surface area contributed by atoms with Gasteiger partial charge in [0.1, 0.15) is 11.5 Å². The van der Waals surface area contributed by atoms with Gasteiger partial charge in [-0.05, 0) is 61.7 Å². The van der Waals surface area contributed by atoms with E-state index in [1.807, 2.05) is 30.3 Å². The van der Waals surface area contributed by atoms with Crippen LogP contribution in [-0.2, 0) is 4.74 Å². The Balaban J connectivity index is 1.49. The van der Waals surface area contributed by atoms with Crippen molar-refractivity contribution in [1.29, 1.82) is 0 Å². The van der Waals surface area contributed by atoms with Crippen molar-refractivity contribution in [3.63, 3.8) is 0 Å². The van der Waals surface area contributed by atoms with E-state index in [-0.39, 0.29) is 17.6 Å². The van der Waals surface area contributed by atoms with Crippen LogP contribution in [0.15, 0.2) is 65.7 Å². The number of aromatic nitrogens is 1. The molecular formula is C27H29ClN6O3. The van der Waals surface area contributed by atoms with Gasteiger partial charge in [-0.25, -0.2) is 9.98 Å². The highest BCUT2D eigenvalue weighted by Crippen LogP contribution is 2.26. The number of nitrogens with one attached hydrogen (secondary N) is 3. The number of unbranched alkanes of at least 4 members (excludes halogenated alkanes) is 1. The first-order valence-electron chi connectivity index (χ1n) is 12.0. The largest absolute Gasteiger partial charge is 0.345 e. The molecule has 0 fully saturated rings. The van der Waals surface area contributed by atoms with Crippen molar-refractivity contribution < 1.29 is 14.3 Å². The number of nitrogens with zero attached hydrogens (tertiary/aromatic N) is 2. The molecule has 0 bridgehead atoms. The second kappa shape index (κ2) is 12.4. The minimum absolute atomic E-state index is 0.166. The number of fused-ring (bicyclic) bond motifs is 1. The highest BCUT2D eigenvalue weighted by molar-refractivity contribution is 6.34. The molecule has 3 aromatic rings. The molecule has 4 rings (SSSR count). The third-order valence-electron chi connectivity index (χ3n) is 5.92. The average Bonchev–Trinajstić information content (AvgIpc) is 2.93. The summed E-state index contributed by atoms with van der Waals surface area (Å²) in [6, 6.07) is 17.7. The van der Waals surface area contributed by atoms with E-state index in [0.717, 1.165) is 30.4 Å². The molecule has 1 aliphatic heterocycles. The van der Waals surface area contributed by atoms with Gasteiger partial charge in [0.05, 0.1) is 16.8 Å². The molecule has 0 saturated heterocycles. The number of carbonyl (C=O) groups is 2. The Bertz CT molecular complexity index is 1280. The van der Waals surface area contributed by atoms with E-state index in [4.69, 9.17) is 22.1 Å². The van der Waals surface area contributed by atoms with Gasteiger partial charge in [0.25, 0.3) is 11.8 Å². The summed E-state index contributed by atoms with van der Waals surface area (Å²) in [5.41, 5.74) is 8.26. The minimum Gasteiger partial charge on any atom is -0.345 e. The van der Waals surface area contributed by atoms with Crippen LogP contribution in [0.5, 0.6) is 0 Å². The minimum atomic E-state index is -0.571. The zero-order chi connectivity index (χ0) is 26.2. The van der Waals surface area contributed by atoms with Crippen molar-refractivity contribution in [1.82, 2.24) is 10.3 Å². The number of carbonyl (C=O) groups excluding carboxylic acids is 2. The van der Waals surface area contributed by atoms with Crippen LogP contribution in [0.4, 0.5) is 11.5 Å². The van der Waals surface area contributed by atoms with Crippen LogP contribution in [0, 0.1) is 0 Å². The number of amides is 2. The Morgan fingerprint density at radius 2 is 1.92 bits per heavy atom. The number of anilines is 2. The first kappa shape index (κ1) is 26.3. The lowest BCUT2D eigenvalue weighted by Crippen LogP contribution is -2.29. The number of aliphatic imine (C=N–C) groups is 1. The molecule has 1 aliphatic rings. The van der Waals surface area contributed by atoms with Gasteiger partial charge in [-0.1, -0.05) is 41.9 Å². The molecule has 2 heterocycles. The Labute approximate surface area is 220 Å². The number of methoxy groups -OCH3 is 1. The van der Waals surface area contributed by atoms with E-state index in [1.165, 1.54) is 7.11 Å². The maximum Gasteiger partial charge on any atom is 0.274 e. The predicted molar refractivity (Wildman–Crippen MR) is 145 cm³/mol. The van der Waals surface area contributed by atoms with E-state index in [2.05, 4.69) is 25.9 Å². The van der Waals surface area contributed by atoms with Gasteiger partial charge in [0.15, 0.2) is 0 Å². The summed E-state index contributed by atoms with van der Waals surface area (Å²) in [5.74, 6) is -0.255. The van der Waals surface area contributed by atoms with Crippen molar-refractivity contribution >= 4 is 41.1 Å². The molecule has 0 saturated carbocycles. The second-order valence-electron chi connectivity index (χ2n) is 8.51. The van der Waals surface area contributed by atoms with Gasteiger partial charge >= 0.3 is 0 Å². The number of rotatable bonds is 10. The Kier molecular flexibility index (Phi) is 8.84. The van der Waals surface area contributed by atoms with Gasteiger partial charge in [-0.15, -0.1) is 0 Å².